The number of rotatable bonds is 8. The largest absolute Gasteiger partial charge is 0.457 e. The van der Waals surface area contributed by atoms with Gasteiger partial charge >= 0.3 is 12.1 Å². The van der Waals surface area contributed by atoms with Crippen LogP contribution < -0.4 is 0 Å². The molecule has 11 heteroatoms. The first-order chi connectivity index (χ1) is 23.6. The van der Waals surface area contributed by atoms with Crippen molar-refractivity contribution in [3.63, 3.8) is 0 Å². The van der Waals surface area contributed by atoms with Crippen molar-refractivity contribution in [2.24, 2.45) is 17.8 Å². The molecule has 278 valence electrons. The van der Waals surface area contributed by atoms with Crippen LogP contribution in [-0.4, -0.2) is 99.6 Å². The standard InChI is InChI=1S/C39H57F2N3O6/c1-26(33-12-7-8-21-42-33)10-9-11-27(2)36-28(3)13-16-34(38(5,48)20-17-32(45)24-35(46)50-36)49-37(47)44-22-18-31(19-23-44)43(6)25-30-15-14-29(4)39(30,40)41/h7-13,16,21,26,28-32,34,36,45,48H,14-15,17-20,22-25H2,1-6H3/b10-9+,16-13+,27-11+/t26-,28+,29?,30?,32-,34+,36-,38-/m1/s1. The van der Waals surface area contributed by atoms with Crippen molar-refractivity contribution in [1.29, 1.82) is 0 Å². The first kappa shape index (κ1) is 39.6. The SMILES string of the molecule is C/C(=C\C=C\[C@@H](C)c1ccccn1)[C@H]1OC(=O)C[C@H](O)CC[C@@](C)(O)[C@@H](OC(=O)N2CCC(N(C)CC3CCC(C)C3(F)F)CC2)/C=C/[C@@H]1C. The minimum atomic E-state index is -2.66. The number of aromatic nitrogens is 1. The highest BCUT2D eigenvalue weighted by molar-refractivity contribution is 5.70. The summed E-state index contributed by atoms with van der Waals surface area (Å²) in [5, 5.41) is 22.2. The van der Waals surface area contributed by atoms with Gasteiger partial charge in [-0.05, 0) is 83.2 Å². The van der Waals surface area contributed by atoms with E-state index in [4.69, 9.17) is 9.47 Å². The zero-order valence-corrected chi connectivity index (χ0v) is 30.5. The number of amides is 1. The predicted octanol–water partition coefficient (Wildman–Crippen LogP) is 6.67. The van der Waals surface area contributed by atoms with Crippen molar-refractivity contribution in [3.05, 3.63) is 66.0 Å². The Morgan fingerprint density at radius 2 is 1.90 bits per heavy atom. The van der Waals surface area contributed by atoms with E-state index >= 15 is 0 Å². The molecular formula is C39H57F2N3O6. The number of ether oxygens (including phenoxy) is 2. The number of esters is 1. The van der Waals surface area contributed by atoms with Crippen LogP contribution in [0.25, 0.3) is 0 Å². The van der Waals surface area contributed by atoms with Gasteiger partial charge in [-0.15, -0.1) is 0 Å². The van der Waals surface area contributed by atoms with E-state index in [1.54, 1.807) is 37.1 Å². The van der Waals surface area contributed by atoms with Crippen LogP contribution in [-0.2, 0) is 14.3 Å². The third-order valence-corrected chi connectivity index (χ3v) is 10.9. The summed E-state index contributed by atoms with van der Waals surface area (Å²) < 4.78 is 41.0. The van der Waals surface area contributed by atoms with Gasteiger partial charge in [-0.25, -0.2) is 13.6 Å². The molecule has 2 unspecified atom stereocenters. The van der Waals surface area contributed by atoms with E-state index in [1.165, 1.54) is 0 Å². The Morgan fingerprint density at radius 1 is 1.18 bits per heavy atom. The molecule has 3 aliphatic rings. The molecule has 4 rings (SSSR count). The van der Waals surface area contributed by atoms with Gasteiger partial charge in [0.25, 0.3) is 5.92 Å². The number of aliphatic hydroxyl groups excluding tert-OH is 1. The van der Waals surface area contributed by atoms with Crippen LogP contribution in [0.3, 0.4) is 0 Å². The van der Waals surface area contributed by atoms with Crippen LogP contribution in [0.15, 0.2) is 60.3 Å². The Bertz CT molecular complexity index is 1360. The lowest BCUT2D eigenvalue weighted by molar-refractivity contribution is -0.151. The summed E-state index contributed by atoms with van der Waals surface area (Å²) in [6.07, 6.45) is 9.97. The Balaban J connectivity index is 1.42. The average molecular weight is 702 g/mol. The molecule has 2 fully saturated rings. The van der Waals surface area contributed by atoms with E-state index in [0.29, 0.717) is 45.3 Å². The highest BCUT2D eigenvalue weighted by atomic mass is 19.3. The lowest BCUT2D eigenvalue weighted by Gasteiger charge is -2.39. The van der Waals surface area contributed by atoms with Gasteiger partial charge in [0.15, 0.2) is 6.10 Å². The maximum atomic E-state index is 14.6. The number of piperidine rings is 1. The summed E-state index contributed by atoms with van der Waals surface area (Å²) in [7, 11) is 1.89. The van der Waals surface area contributed by atoms with Crippen LogP contribution >= 0.6 is 0 Å². The van der Waals surface area contributed by atoms with E-state index in [2.05, 4.69) is 4.98 Å². The van der Waals surface area contributed by atoms with Gasteiger partial charge in [-0.1, -0.05) is 51.1 Å². The third-order valence-electron chi connectivity index (χ3n) is 10.9. The predicted molar refractivity (Wildman–Crippen MR) is 189 cm³/mol. The topological polar surface area (TPSA) is 112 Å². The molecule has 0 bridgehead atoms. The average Bonchev–Trinajstić information content (AvgIpc) is 3.34. The monoisotopic (exact) mass is 701 g/mol. The second kappa shape index (κ2) is 17.4. The molecule has 2 aliphatic heterocycles. The number of halogens is 2. The number of carbonyl (C=O) groups is 2. The number of cyclic esters (lactones) is 1. The number of alkyl halides is 2. The number of hydrogen-bond acceptors (Lipinski definition) is 8. The Kier molecular flexibility index (Phi) is 13.8. The molecule has 8 atom stereocenters. The molecular weight excluding hydrogens is 644 g/mol. The van der Waals surface area contributed by atoms with Gasteiger partial charge in [-0.2, -0.15) is 0 Å². The number of likely N-dealkylation sites (tertiary alicyclic amines) is 1. The molecule has 1 amide bonds. The Hall–Kier alpha value is -3.15. The van der Waals surface area contributed by atoms with Crippen molar-refractivity contribution in [2.45, 2.75) is 121 Å². The molecule has 1 saturated heterocycles. The van der Waals surface area contributed by atoms with Crippen LogP contribution in [0.5, 0.6) is 0 Å². The highest BCUT2D eigenvalue weighted by Crippen LogP contribution is 2.45. The molecule has 1 saturated carbocycles. The second-order valence-electron chi connectivity index (χ2n) is 15.1. The first-order valence-corrected chi connectivity index (χ1v) is 18.2. The Labute approximate surface area is 296 Å². The third kappa shape index (κ3) is 10.4. The molecule has 1 aliphatic carbocycles. The minimum Gasteiger partial charge on any atom is -0.457 e. The lowest BCUT2D eigenvalue weighted by Crippen LogP contribution is -2.50. The summed E-state index contributed by atoms with van der Waals surface area (Å²) >= 11 is 0. The summed E-state index contributed by atoms with van der Waals surface area (Å²) in [5.41, 5.74) is 0.192. The second-order valence-corrected chi connectivity index (χ2v) is 15.1. The van der Waals surface area contributed by atoms with Gasteiger partial charge in [0.2, 0.25) is 0 Å². The van der Waals surface area contributed by atoms with Crippen LogP contribution in [0, 0.1) is 17.8 Å². The zero-order chi connectivity index (χ0) is 36.6. The Morgan fingerprint density at radius 3 is 2.54 bits per heavy atom. The fourth-order valence-corrected chi connectivity index (χ4v) is 7.28. The van der Waals surface area contributed by atoms with Gasteiger partial charge < -0.3 is 29.5 Å². The van der Waals surface area contributed by atoms with Crippen molar-refractivity contribution in [2.75, 3.05) is 26.7 Å². The van der Waals surface area contributed by atoms with Gasteiger partial charge in [0.05, 0.1) is 12.5 Å². The zero-order valence-electron chi connectivity index (χ0n) is 30.5. The summed E-state index contributed by atoms with van der Waals surface area (Å²) in [5.74, 6) is -4.72. The maximum absolute atomic E-state index is 14.6. The van der Waals surface area contributed by atoms with Crippen molar-refractivity contribution >= 4 is 12.1 Å². The number of nitrogens with zero attached hydrogens (tertiary/aromatic N) is 3. The smallest absolute Gasteiger partial charge is 0.410 e. The molecule has 0 aromatic carbocycles. The number of allylic oxidation sites excluding steroid dienone is 3. The molecule has 0 spiro atoms. The molecule has 0 radical (unpaired) electrons. The molecule has 2 N–H and O–H groups in total. The maximum Gasteiger partial charge on any atom is 0.410 e. The number of aliphatic hydroxyl groups is 2. The van der Waals surface area contributed by atoms with Crippen LogP contribution in [0.1, 0.15) is 91.2 Å². The van der Waals surface area contributed by atoms with E-state index < -0.39 is 53.7 Å². The van der Waals surface area contributed by atoms with Crippen LogP contribution in [0.2, 0.25) is 0 Å². The van der Waals surface area contributed by atoms with Gasteiger partial charge in [-0.3, -0.25) is 9.78 Å². The molecule has 50 heavy (non-hydrogen) atoms. The normalized spacial score (nSPS) is 33.1. The molecule has 9 nitrogen and oxygen atoms in total. The summed E-state index contributed by atoms with van der Waals surface area (Å²) in [6.45, 7) is 10.1. The summed E-state index contributed by atoms with van der Waals surface area (Å²) in [4.78, 5) is 34.3. The molecule has 3 heterocycles. The van der Waals surface area contributed by atoms with Crippen molar-refractivity contribution in [3.8, 4) is 0 Å². The van der Waals surface area contributed by atoms with Gasteiger partial charge in [0.1, 0.15) is 11.7 Å². The van der Waals surface area contributed by atoms with Gasteiger partial charge in [0, 0.05) is 61.2 Å². The van der Waals surface area contributed by atoms with Crippen molar-refractivity contribution < 1.29 is 38.1 Å². The fraction of sp³-hybridized carbons (Fsp3) is 0.667. The molecule has 1 aromatic heterocycles. The molecule has 1 aromatic rings. The van der Waals surface area contributed by atoms with E-state index in [9.17, 15) is 28.6 Å². The van der Waals surface area contributed by atoms with E-state index in [1.807, 2.05) is 69.1 Å². The minimum absolute atomic E-state index is 0.0739. The number of carbonyl (C=O) groups excluding carboxylic acids is 2. The number of hydrogen-bond donors (Lipinski definition) is 2. The van der Waals surface area contributed by atoms with E-state index in [0.717, 1.165) is 11.3 Å². The van der Waals surface area contributed by atoms with Crippen molar-refractivity contribution in [1.82, 2.24) is 14.8 Å². The summed E-state index contributed by atoms with van der Waals surface area (Å²) in [6, 6.07) is 5.85. The lowest BCUT2D eigenvalue weighted by atomic mass is 9.88. The number of pyridine rings is 1. The first-order valence-electron chi connectivity index (χ1n) is 18.2. The van der Waals surface area contributed by atoms with Crippen LogP contribution in [0.4, 0.5) is 13.6 Å². The fourth-order valence-electron chi connectivity index (χ4n) is 7.28. The quantitative estimate of drug-likeness (QED) is 0.176. The van der Waals surface area contributed by atoms with E-state index in [-0.39, 0.29) is 37.1 Å². The highest BCUT2D eigenvalue weighted by Gasteiger charge is 2.50.